The number of rotatable bonds is 10. The molecule has 10 heteroatoms. The summed E-state index contributed by atoms with van der Waals surface area (Å²) in [5, 5.41) is 0. The normalized spacial score (nSPS) is 10.6. The third kappa shape index (κ3) is 7.05. The summed E-state index contributed by atoms with van der Waals surface area (Å²) in [4.78, 5) is 51.4. The van der Waals surface area contributed by atoms with Gasteiger partial charge in [0.25, 0.3) is 0 Å². The highest BCUT2D eigenvalue weighted by Gasteiger charge is 2.27. The summed E-state index contributed by atoms with van der Waals surface area (Å²) in [6, 6.07) is 11.7. The topological polar surface area (TPSA) is 130 Å². The van der Waals surface area contributed by atoms with Crippen LogP contribution in [0.1, 0.15) is 6.92 Å². The van der Waals surface area contributed by atoms with Crippen LogP contribution >= 0.6 is 0 Å². The molecule has 0 fully saturated rings. The smallest absolute Gasteiger partial charge is 0.389 e. The number of nitrogens with zero attached hydrogens (tertiary/aromatic N) is 2. The molecule has 10 nitrogen and oxygen atoms in total. The Morgan fingerprint density at radius 3 is 1.93 bits per heavy atom. The van der Waals surface area contributed by atoms with E-state index in [-0.39, 0.29) is 12.4 Å². The maximum Gasteiger partial charge on any atom is 0.389 e. The molecular weight excluding hydrogens is 396 g/mol. The molecule has 0 aliphatic carbocycles. The summed E-state index contributed by atoms with van der Waals surface area (Å²) in [6.07, 6.45) is 1.14. The first-order valence-corrected chi connectivity index (χ1v) is 8.57. The molecule has 154 valence electrons. The number of aliphatic imine (C=N–C) groups is 2. The fraction of sp³-hybridized carbons (Fsp3) is 0.200. The molecule has 0 N–H and O–H groups in total. The number of isocyanates is 2. The molecule has 0 bridgehead atoms. The molecule has 0 amide bonds. The van der Waals surface area contributed by atoms with E-state index in [1.54, 1.807) is 6.92 Å². The number of hydrogen-bond acceptors (Lipinski definition) is 10. The predicted octanol–water partition coefficient (Wildman–Crippen LogP) is 2.51. The minimum absolute atomic E-state index is 0.0509. The van der Waals surface area contributed by atoms with Crippen LogP contribution in [0.2, 0.25) is 0 Å². The molecular formula is C20H16N2O8. The van der Waals surface area contributed by atoms with Gasteiger partial charge in [0.1, 0.15) is 11.5 Å². The Bertz CT molecular complexity index is 959. The van der Waals surface area contributed by atoms with Crippen LogP contribution in [0.25, 0.3) is 0 Å². The van der Waals surface area contributed by atoms with Crippen molar-refractivity contribution in [2.45, 2.75) is 13.2 Å². The van der Waals surface area contributed by atoms with Gasteiger partial charge in [0, 0.05) is 0 Å². The first-order chi connectivity index (χ1) is 14.5. The van der Waals surface area contributed by atoms with Crippen LogP contribution < -0.4 is 9.47 Å². The van der Waals surface area contributed by atoms with Crippen LogP contribution in [0.4, 0.5) is 11.4 Å². The molecule has 0 aliphatic heterocycles. The number of carbonyl (C=O) groups excluding carboxylic acids is 4. The van der Waals surface area contributed by atoms with Crippen molar-refractivity contribution in [1.82, 2.24) is 0 Å². The highest BCUT2D eigenvalue weighted by atomic mass is 16.7. The van der Waals surface area contributed by atoms with Crippen LogP contribution in [0.15, 0.2) is 58.5 Å². The van der Waals surface area contributed by atoms with Crippen LogP contribution in [0, 0.1) is 0 Å². The van der Waals surface area contributed by atoms with Crippen LogP contribution in [0.5, 0.6) is 11.5 Å². The van der Waals surface area contributed by atoms with Crippen molar-refractivity contribution in [3.8, 4) is 11.5 Å². The highest BCUT2D eigenvalue weighted by Crippen LogP contribution is 2.20. The summed E-state index contributed by atoms with van der Waals surface area (Å²) in [6.45, 7) is 1.13. The molecule has 1 atom stereocenters. The number of esters is 2. The van der Waals surface area contributed by atoms with E-state index in [9.17, 15) is 19.2 Å². The van der Waals surface area contributed by atoms with Crippen molar-refractivity contribution in [3.05, 3.63) is 48.5 Å². The van der Waals surface area contributed by atoms with Gasteiger partial charge in [-0.3, -0.25) is 0 Å². The van der Waals surface area contributed by atoms with E-state index < -0.39 is 24.8 Å². The van der Waals surface area contributed by atoms with Gasteiger partial charge in [0.15, 0.2) is 6.61 Å². The lowest BCUT2D eigenvalue weighted by molar-refractivity contribution is -0.187. The van der Waals surface area contributed by atoms with Crippen molar-refractivity contribution in [3.63, 3.8) is 0 Å². The lowest BCUT2D eigenvalue weighted by Crippen LogP contribution is -2.35. The molecule has 2 aromatic rings. The number of carbonyl (C=O) groups is 2. The molecule has 0 aromatic heterocycles. The minimum Gasteiger partial charge on any atom is -0.482 e. The zero-order valence-corrected chi connectivity index (χ0v) is 15.8. The van der Waals surface area contributed by atoms with E-state index in [0.717, 1.165) is 0 Å². The van der Waals surface area contributed by atoms with E-state index in [1.807, 2.05) is 0 Å². The molecule has 0 aliphatic rings. The molecule has 0 radical (unpaired) electrons. The first kappa shape index (κ1) is 22.0. The van der Waals surface area contributed by atoms with Crippen LogP contribution in [-0.4, -0.2) is 43.6 Å². The molecule has 2 rings (SSSR count). The second-order valence-corrected chi connectivity index (χ2v) is 5.37. The minimum atomic E-state index is -1.66. The molecule has 0 heterocycles. The van der Waals surface area contributed by atoms with Gasteiger partial charge in [-0.25, -0.2) is 19.2 Å². The average molecular weight is 412 g/mol. The Balaban J connectivity index is 1.98. The van der Waals surface area contributed by atoms with Crippen LogP contribution in [0.3, 0.4) is 0 Å². The number of benzene rings is 2. The molecule has 0 saturated carbocycles. The SMILES string of the molecule is CCOC(=O)C(OC(=O)COc1ccc(N=C=O)cc1)Oc1ccc(N=C=O)cc1. The standard InChI is InChI=1S/C20H16N2O8/c1-2-27-19(26)20(29-17-9-5-15(6-10-17)22-13-24)30-18(25)11-28-16-7-3-14(4-8-16)21-12-23/h3-10,20H,2,11H2,1H3. The maximum atomic E-state index is 12.1. The van der Waals surface area contributed by atoms with Crippen molar-refractivity contribution >= 4 is 35.5 Å². The fourth-order valence-electron chi connectivity index (χ4n) is 2.07. The van der Waals surface area contributed by atoms with Crippen LogP contribution in [-0.2, 0) is 28.7 Å². The van der Waals surface area contributed by atoms with E-state index >= 15 is 0 Å². The second-order valence-electron chi connectivity index (χ2n) is 5.37. The lowest BCUT2D eigenvalue weighted by atomic mass is 10.3. The number of ether oxygens (including phenoxy) is 4. The molecule has 0 saturated heterocycles. The monoisotopic (exact) mass is 412 g/mol. The molecule has 0 spiro atoms. The van der Waals surface area contributed by atoms with E-state index in [2.05, 4.69) is 9.98 Å². The van der Waals surface area contributed by atoms with Gasteiger partial charge < -0.3 is 18.9 Å². The first-order valence-electron chi connectivity index (χ1n) is 8.57. The van der Waals surface area contributed by atoms with E-state index in [1.165, 1.54) is 60.7 Å². The highest BCUT2D eigenvalue weighted by molar-refractivity contribution is 5.79. The van der Waals surface area contributed by atoms with Gasteiger partial charge in [0.2, 0.25) is 12.2 Å². The lowest BCUT2D eigenvalue weighted by Gasteiger charge is -2.18. The summed E-state index contributed by atoms with van der Waals surface area (Å²) in [5.74, 6) is -1.29. The quantitative estimate of drug-likeness (QED) is 0.252. The molecule has 2 aromatic carbocycles. The van der Waals surface area contributed by atoms with Crippen molar-refractivity contribution < 1.29 is 38.1 Å². The van der Waals surface area contributed by atoms with Gasteiger partial charge in [-0.15, -0.1) is 0 Å². The van der Waals surface area contributed by atoms with Crippen molar-refractivity contribution in [2.75, 3.05) is 13.2 Å². The van der Waals surface area contributed by atoms with E-state index in [0.29, 0.717) is 17.1 Å². The molecule has 1 unspecified atom stereocenters. The fourth-order valence-corrected chi connectivity index (χ4v) is 2.07. The van der Waals surface area contributed by atoms with Crippen molar-refractivity contribution in [2.24, 2.45) is 9.98 Å². The third-order valence-corrected chi connectivity index (χ3v) is 3.34. The Morgan fingerprint density at radius 2 is 1.43 bits per heavy atom. The van der Waals surface area contributed by atoms with E-state index in [4.69, 9.17) is 18.9 Å². The van der Waals surface area contributed by atoms with Gasteiger partial charge in [-0.2, -0.15) is 9.98 Å². The summed E-state index contributed by atoms with van der Waals surface area (Å²) >= 11 is 0. The Morgan fingerprint density at radius 1 is 0.900 bits per heavy atom. The summed E-state index contributed by atoms with van der Waals surface area (Å²) in [5.41, 5.74) is 0.709. The largest absolute Gasteiger partial charge is 0.482 e. The summed E-state index contributed by atoms with van der Waals surface area (Å²) < 4.78 is 20.5. The van der Waals surface area contributed by atoms with Crippen molar-refractivity contribution in [1.29, 1.82) is 0 Å². The molecule has 30 heavy (non-hydrogen) atoms. The average Bonchev–Trinajstić information content (AvgIpc) is 2.75. The van der Waals surface area contributed by atoms with Gasteiger partial charge in [0.05, 0.1) is 18.0 Å². The van der Waals surface area contributed by atoms with Gasteiger partial charge >= 0.3 is 18.2 Å². The Hall–Kier alpha value is -4.26. The van der Waals surface area contributed by atoms with Gasteiger partial charge in [-0.05, 0) is 55.5 Å². The van der Waals surface area contributed by atoms with Gasteiger partial charge in [-0.1, -0.05) is 0 Å². The Kier molecular flexibility index (Phi) is 8.49. The second kappa shape index (κ2) is 11.6. The Labute approximate surface area is 170 Å². The zero-order chi connectivity index (χ0) is 21.8. The maximum absolute atomic E-state index is 12.1. The third-order valence-electron chi connectivity index (χ3n) is 3.34. The summed E-state index contributed by atoms with van der Waals surface area (Å²) in [7, 11) is 0. The zero-order valence-electron chi connectivity index (χ0n) is 15.8. The number of hydrogen-bond donors (Lipinski definition) is 0. The predicted molar refractivity (Wildman–Crippen MR) is 101 cm³/mol.